The Hall–Kier alpha value is -0.170. The number of rotatable bonds is 10. The van der Waals surface area contributed by atoms with Crippen LogP contribution in [0.25, 0.3) is 0 Å². The molecule has 6 heteroatoms. The van der Waals surface area contributed by atoms with Gasteiger partial charge in [0.15, 0.2) is 0 Å². The maximum Gasteiger partial charge on any atom is 0.279 e. The fourth-order valence-corrected chi connectivity index (χ4v) is 3.30. The van der Waals surface area contributed by atoms with E-state index < -0.39 is 10.2 Å². The van der Waals surface area contributed by atoms with Crippen LogP contribution in [0.3, 0.4) is 0 Å². The topological polar surface area (TPSA) is 61.4 Å². The summed E-state index contributed by atoms with van der Waals surface area (Å²) in [4.78, 5) is 0. The molecule has 1 aliphatic carbocycles. The minimum absolute atomic E-state index is 0.177. The van der Waals surface area contributed by atoms with Crippen LogP contribution in [0, 0.1) is 5.41 Å². The Kier molecular flexibility index (Phi) is 6.73. The van der Waals surface area contributed by atoms with Crippen LogP contribution in [0.5, 0.6) is 0 Å². The van der Waals surface area contributed by atoms with Crippen molar-refractivity contribution in [2.24, 2.45) is 5.41 Å². The summed E-state index contributed by atoms with van der Waals surface area (Å²) in [6.07, 6.45) is 5.42. The van der Waals surface area contributed by atoms with E-state index in [9.17, 15) is 8.42 Å². The zero-order valence-corrected chi connectivity index (χ0v) is 13.4. The van der Waals surface area contributed by atoms with Crippen LogP contribution < -0.4 is 10.0 Å². The number of nitrogens with zero attached hydrogens (tertiary/aromatic N) is 1. The van der Waals surface area contributed by atoms with Gasteiger partial charge in [0.05, 0.1) is 0 Å². The standard InChI is InChI=1S/C13H29N3O2S/c1-4-9-14-10-6-11-16(3)19(17,18)15-12-13(2)7-5-8-13/h14-15H,4-12H2,1-3H3. The summed E-state index contributed by atoms with van der Waals surface area (Å²) in [5.41, 5.74) is 0.177. The molecule has 0 atom stereocenters. The van der Waals surface area contributed by atoms with E-state index in [4.69, 9.17) is 0 Å². The molecule has 1 saturated carbocycles. The van der Waals surface area contributed by atoms with Gasteiger partial charge in [0.1, 0.15) is 0 Å². The van der Waals surface area contributed by atoms with E-state index in [0.717, 1.165) is 38.8 Å². The first-order valence-corrected chi connectivity index (χ1v) is 8.75. The molecular weight excluding hydrogens is 262 g/mol. The highest BCUT2D eigenvalue weighted by Crippen LogP contribution is 2.39. The maximum atomic E-state index is 12.0. The van der Waals surface area contributed by atoms with E-state index in [1.54, 1.807) is 7.05 Å². The summed E-state index contributed by atoms with van der Waals surface area (Å²) in [5, 5.41) is 3.27. The van der Waals surface area contributed by atoms with Gasteiger partial charge in [0.25, 0.3) is 10.2 Å². The van der Waals surface area contributed by atoms with Crippen LogP contribution in [0.15, 0.2) is 0 Å². The van der Waals surface area contributed by atoms with Gasteiger partial charge in [-0.1, -0.05) is 20.3 Å². The van der Waals surface area contributed by atoms with Crippen molar-refractivity contribution >= 4 is 10.2 Å². The molecule has 0 heterocycles. The van der Waals surface area contributed by atoms with Gasteiger partial charge in [0.2, 0.25) is 0 Å². The molecule has 1 rings (SSSR count). The summed E-state index contributed by atoms with van der Waals surface area (Å²) in [7, 11) is -1.66. The van der Waals surface area contributed by atoms with Gasteiger partial charge in [0, 0.05) is 20.1 Å². The molecule has 0 bridgehead atoms. The summed E-state index contributed by atoms with van der Waals surface area (Å²) < 4.78 is 28.2. The third-order valence-corrected chi connectivity index (χ3v) is 5.42. The molecule has 0 saturated heterocycles. The normalized spacial score (nSPS) is 18.5. The SMILES string of the molecule is CCCNCCCN(C)S(=O)(=O)NCC1(C)CCC1. The smallest absolute Gasteiger partial charge is 0.279 e. The van der Waals surface area contributed by atoms with E-state index in [2.05, 4.69) is 23.9 Å². The molecule has 0 radical (unpaired) electrons. The fraction of sp³-hybridized carbons (Fsp3) is 1.00. The molecule has 114 valence electrons. The largest absolute Gasteiger partial charge is 0.317 e. The molecule has 0 spiro atoms. The van der Waals surface area contributed by atoms with Crippen molar-refractivity contribution in [2.45, 2.75) is 46.0 Å². The van der Waals surface area contributed by atoms with E-state index >= 15 is 0 Å². The molecule has 0 unspecified atom stereocenters. The van der Waals surface area contributed by atoms with Crippen molar-refractivity contribution in [1.29, 1.82) is 0 Å². The maximum absolute atomic E-state index is 12.0. The van der Waals surface area contributed by atoms with Crippen LogP contribution >= 0.6 is 0 Å². The monoisotopic (exact) mass is 291 g/mol. The predicted molar refractivity (Wildman–Crippen MR) is 79.3 cm³/mol. The molecule has 0 aromatic carbocycles. The van der Waals surface area contributed by atoms with Crippen molar-refractivity contribution in [1.82, 2.24) is 14.3 Å². The van der Waals surface area contributed by atoms with Crippen molar-refractivity contribution in [3.8, 4) is 0 Å². The molecule has 2 N–H and O–H groups in total. The van der Waals surface area contributed by atoms with Gasteiger partial charge in [-0.05, 0) is 44.2 Å². The van der Waals surface area contributed by atoms with Crippen molar-refractivity contribution < 1.29 is 8.42 Å². The molecule has 5 nitrogen and oxygen atoms in total. The van der Waals surface area contributed by atoms with E-state index in [-0.39, 0.29) is 5.41 Å². The Morgan fingerprint density at radius 1 is 1.26 bits per heavy atom. The van der Waals surface area contributed by atoms with Gasteiger partial charge in [-0.25, -0.2) is 4.72 Å². The van der Waals surface area contributed by atoms with Crippen molar-refractivity contribution in [2.75, 3.05) is 33.2 Å². The van der Waals surface area contributed by atoms with E-state index in [1.807, 2.05) is 0 Å². The lowest BCUT2D eigenvalue weighted by atomic mass is 9.71. The molecule has 0 amide bonds. The van der Waals surface area contributed by atoms with Crippen LogP contribution in [-0.4, -0.2) is 45.9 Å². The Morgan fingerprint density at radius 3 is 2.47 bits per heavy atom. The second kappa shape index (κ2) is 7.57. The summed E-state index contributed by atoms with van der Waals surface area (Å²) >= 11 is 0. The molecule has 19 heavy (non-hydrogen) atoms. The van der Waals surface area contributed by atoms with Crippen LogP contribution in [0.4, 0.5) is 0 Å². The van der Waals surface area contributed by atoms with E-state index in [1.165, 1.54) is 10.7 Å². The van der Waals surface area contributed by atoms with Gasteiger partial charge < -0.3 is 5.32 Å². The third-order valence-electron chi connectivity index (χ3n) is 3.91. The lowest BCUT2D eigenvalue weighted by Gasteiger charge is -2.38. The average Bonchev–Trinajstić information content (AvgIpc) is 2.33. The van der Waals surface area contributed by atoms with Crippen molar-refractivity contribution in [3.63, 3.8) is 0 Å². The Bertz CT molecular complexity index is 353. The zero-order chi connectivity index (χ0) is 14.4. The predicted octanol–water partition coefficient (Wildman–Crippen LogP) is 1.33. The minimum Gasteiger partial charge on any atom is -0.317 e. The van der Waals surface area contributed by atoms with Crippen LogP contribution in [0.2, 0.25) is 0 Å². The highest BCUT2D eigenvalue weighted by molar-refractivity contribution is 7.87. The first kappa shape index (κ1) is 16.9. The van der Waals surface area contributed by atoms with Gasteiger partial charge in [-0.15, -0.1) is 0 Å². The number of hydrogen-bond donors (Lipinski definition) is 2. The summed E-state index contributed by atoms with van der Waals surface area (Å²) in [6.45, 7) is 7.25. The summed E-state index contributed by atoms with van der Waals surface area (Å²) in [5.74, 6) is 0. The molecule has 0 aliphatic heterocycles. The Labute approximate surface area is 118 Å². The summed E-state index contributed by atoms with van der Waals surface area (Å²) in [6, 6.07) is 0. The van der Waals surface area contributed by atoms with Crippen LogP contribution in [-0.2, 0) is 10.2 Å². The average molecular weight is 291 g/mol. The van der Waals surface area contributed by atoms with Crippen molar-refractivity contribution in [3.05, 3.63) is 0 Å². The Morgan fingerprint density at radius 2 is 1.95 bits per heavy atom. The lowest BCUT2D eigenvalue weighted by Crippen LogP contribution is -2.45. The lowest BCUT2D eigenvalue weighted by molar-refractivity contribution is 0.165. The first-order valence-electron chi connectivity index (χ1n) is 7.31. The third kappa shape index (κ3) is 5.77. The minimum atomic E-state index is -3.31. The van der Waals surface area contributed by atoms with Gasteiger partial charge in [-0.3, -0.25) is 0 Å². The van der Waals surface area contributed by atoms with Gasteiger partial charge in [-0.2, -0.15) is 12.7 Å². The second-order valence-electron chi connectivity index (χ2n) is 5.92. The first-order chi connectivity index (χ1) is 8.90. The highest BCUT2D eigenvalue weighted by Gasteiger charge is 2.33. The number of nitrogens with one attached hydrogen (secondary N) is 2. The quantitative estimate of drug-likeness (QED) is 0.597. The van der Waals surface area contributed by atoms with Gasteiger partial charge >= 0.3 is 0 Å². The van der Waals surface area contributed by atoms with Crippen LogP contribution in [0.1, 0.15) is 46.0 Å². The molecule has 0 aromatic heterocycles. The Balaban J connectivity index is 2.23. The number of hydrogen-bond acceptors (Lipinski definition) is 3. The molecule has 0 aromatic rings. The second-order valence-corrected chi connectivity index (χ2v) is 7.78. The molecule has 1 aliphatic rings. The molecule has 1 fully saturated rings. The fourth-order valence-electron chi connectivity index (χ4n) is 2.18. The molecular formula is C13H29N3O2S. The van der Waals surface area contributed by atoms with E-state index in [0.29, 0.717) is 13.1 Å². The highest BCUT2D eigenvalue weighted by atomic mass is 32.2. The zero-order valence-electron chi connectivity index (χ0n) is 12.5.